The molecule has 0 rings (SSSR count). The molecule has 0 atom stereocenters. The molecule has 0 aromatic rings. The van der Waals surface area contributed by atoms with Crippen LogP contribution in [0.2, 0.25) is 0 Å². The summed E-state index contributed by atoms with van der Waals surface area (Å²) in [7, 11) is 1.30. The van der Waals surface area contributed by atoms with Gasteiger partial charge in [-0.1, -0.05) is 0 Å². The number of hydrogen-bond donors (Lipinski definition) is 0. The standard InChI is InChI=1S/C14H26O7/c1-10(2)19-14(20-11(3)4)9-18-21-13(16)8-6-7-12(15)17-5/h10-11,14H,6-9H2,1-5H3. The average molecular weight is 306 g/mol. The van der Waals surface area contributed by atoms with E-state index in [9.17, 15) is 9.59 Å². The van der Waals surface area contributed by atoms with E-state index >= 15 is 0 Å². The Bertz CT molecular complexity index is 292. The topological polar surface area (TPSA) is 80.3 Å². The first-order chi connectivity index (χ1) is 9.85. The SMILES string of the molecule is COC(=O)CCCC(=O)OOCC(OC(C)C)OC(C)C. The third-order valence-corrected chi connectivity index (χ3v) is 2.19. The van der Waals surface area contributed by atoms with Crippen LogP contribution in [-0.2, 0) is 33.6 Å². The van der Waals surface area contributed by atoms with Crippen molar-refractivity contribution in [3.05, 3.63) is 0 Å². The van der Waals surface area contributed by atoms with Crippen molar-refractivity contribution in [3.63, 3.8) is 0 Å². The Morgan fingerprint density at radius 1 is 0.905 bits per heavy atom. The molecule has 0 saturated heterocycles. The van der Waals surface area contributed by atoms with Gasteiger partial charge in [0.1, 0.15) is 6.61 Å². The second-order valence-electron chi connectivity index (χ2n) is 4.97. The lowest BCUT2D eigenvalue weighted by atomic mass is 10.2. The fourth-order valence-electron chi connectivity index (χ4n) is 1.39. The molecule has 0 heterocycles. The van der Waals surface area contributed by atoms with Crippen LogP contribution in [0.3, 0.4) is 0 Å². The van der Waals surface area contributed by atoms with Gasteiger partial charge in [0.05, 0.1) is 19.3 Å². The summed E-state index contributed by atoms with van der Waals surface area (Å²) in [6.45, 7) is 7.47. The molecule has 0 unspecified atom stereocenters. The van der Waals surface area contributed by atoms with Crippen molar-refractivity contribution >= 4 is 11.9 Å². The summed E-state index contributed by atoms with van der Waals surface area (Å²) in [4.78, 5) is 31.6. The van der Waals surface area contributed by atoms with Crippen LogP contribution in [0.5, 0.6) is 0 Å². The number of rotatable bonds is 11. The van der Waals surface area contributed by atoms with E-state index in [2.05, 4.69) is 9.62 Å². The highest BCUT2D eigenvalue weighted by Gasteiger charge is 2.16. The number of methoxy groups -OCH3 is 1. The predicted octanol–water partition coefficient (Wildman–Crippen LogP) is 1.98. The van der Waals surface area contributed by atoms with Gasteiger partial charge in [0.2, 0.25) is 0 Å². The Morgan fingerprint density at radius 2 is 1.43 bits per heavy atom. The molecule has 0 aliphatic heterocycles. The molecule has 21 heavy (non-hydrogen) atoms. The first-order valence-electron chi connectivity index (χ1n) is 7.05. The zero-order valence-electron chi connectivity index (χ0n) is 13.4. The summed E-state index contributed by atoms with van der Waals surface area (Å²) in [5.74, 6) is -0.911. The molecular weight excluding hydrogens is 280 g/mol. The molecule has 0 bridgehead atoms. The summed E-state index contributed by atoms with van der Waals surface area (Å²) >= 11 is 0. The molecule has 0 fully saturated rings. The third-order valence-electron chi connectivity index (χ3n) is 2.19. The first kappa shape index (κ1) is 19.8. The van der Waals surface area contributed by atoms with Crippen LogP contribution in [-0.4, -0.2) is 44.2 Å². The van der Waals surface area contributed by atoms with E-state index < -0.39 is 12.3 Å². The molecule has 0 aliphatic carbocycles. The number of carbonyl (C=O) groups is 2. The quantitative estimate of drug-likeness (QED) is 0.250. The Labute approximate surface area is 125 Å². The summed E-state index contributed by atoms with van der Waals surface area (Å²) in [6, 6.07) is 0. The fraction of sp³-hybridized carbons (Fsp3) is 0.857. The van der Waals surface area contributed by atoms with Crippen LogP contribution < -0.4 is 0 Å². The van der Waals surface area contributed by atoms with Crippen LogP contribution in [0.1, 0.15) is 47.0 Å². The molecule has 0 aromatic heterocycles. The van der Waals surface area contributed by atoms with Crippen molar-refractivity contribution in [2.45, 2.75) is 65.5 Å². The maximum atomic E-state index is 11.4. The highest BCUT2D eigenvalue weighted by Crippen LogP contribution is 2.06. The Morgan fingerprint density at radius 3 is 1.90 bits per heavy atom. The van der Waals surface area contributed by atoms with Gasteiger partial charge in [-0.25, -0.2) is 4.79 Å². The maximum absolute atomic E-state index is 11.4. The minimum absolute atomic E-state index is 0.0148. The zero-order valence-corrected chi connectivity index (χ0v) is 13.4. The maximum Gasteiger partial charge on any atom is 0.342 e. The van der Waals surface area contributed by atoms with Crippen molar-refractivity contribution in [1.82, 2.24) is 0 Å². The third kappa shape index (κ3) is 12.3. The summed E-state index contributed by atoms with van der Waals surface area (Å²) in [5, 5.41) is 0. The Hall–Kier alpha value is -1.18. The monoisotopic (exact) mass is 306 g/mol. The van der Waals surface area contributed by atoms with E-state index in [1.54, 1.807) is 0 Å². The van der Waals surface area contributed by atoms with E-state index in [0.29, 0.717) is 6.42 Å². The van der Waals surface area contributed by atoms with E-state index in [0.717, 1.165) is 0 Å². The number of hydrogen-bond acceptors (Lipinski definition) is 7. The lowest BCUT2D eigenvalue weighted by molar-refractivity contribution is -0.313. The highest BCUT2D eigenvalue weighted by atomic mass is 17.2. The van der Waals surface area contributed by atoms with Crippen molar-refractivity contribution in [1.29, 1.82) is 0 Å². The van der Waals surface area contributed by atoms with E-state index in [-0.39, 0.29) is 37.6 Å². The van der Waals surface area contributed by atoms with Crippen molar-refractivity contribution in [3.8, 4) is 0 Å². The molecule has 0 aromatic carbocycles. The lowest BCUT2D eigenvalue weighted by Gasteiger charge is -2.22. The van der Waals surface area contributed by atoms with Crippen LogP contribution in [0, 0.1) is 0 Å². The number of ether oxygens (including phenoxy) is 3. The van der Waals surface area contributed by atoms with Crippen LogP contribution in [0.25, 0.3) is 0 Å². The van der Waals surface area contributed by atoms with Gasteiger partial charge in [0.25, 0.3) is 0 Å². The van der Waals surface area contributed by atoms with E-state index in [1.807, 2.05) is 27.7 Å². The molecule has 124 valence electrons. The number of carbonyl (C=O) groups excluding carboxylic acids is 2. The molecule has 7 nitrogen and oxygen atoms in total. The molecule has 0 radical (unpaired) electrons. The predicted molar refractivity (Wildman–Crippen MR) is 74.1 cm³/mol. The van der Waals surface area contributed by atoms with Crippen LogP contribution >= 0.6 is 0 Å². The van der Waals surface area contributed by atoms with E-state index in [1.165, 1.54) is 7.11 Å². The van der Waals surface area contributed by atoms with Crippen LogP contribution in [0.4, 0.5) is 0 Å². The molecule has 0 amide bonds. The molecule has 0 saturated carbocycles. The van der Waals surface area contributed by atoms with Crippen LogP contribution in [0.15, 0.2) is 0 Å². The fourth-order valence-corrected chi connectivity index (χ4v) is 1.39. The zero-order chi connectivity index (χ0) is 16.3. The van der Waals surface area contributed by atoms with Crippen molar-refractivity contribution < 1.29 is 33.6 Å². The molecule has 7 heteroatoms. The van der Waals surface area contributed by atoms with Gasteiger partial charge >= 0.3 is 11.9 Å². The van der Waals surface area contributed by atoms with E-state index in [4.69, 9.17) is 14.4 Å². The normalized spacial score (nSPS) is 11.2. The average Bonchev–Trinajstić information content (AvgIpc) is 2.36. The lowest BCUT2D eigenvalue weighted by Crippen LogP contribution is -2.29. The minimum atomic E-state index is -0.604. The molecule has 0 spiro atoms. The van der Waals surface area contributed by atoms with Gasteiger partial charge in [0.15, 0.2) is 6.29 Å². The number of esters is 1. The smallest absolute Gasteiger partial charge is 0.342 e. The van der Waals surface area contributed by atoms with Gasteiger partial charge in [-0.15, -0.1) is 0 Å². The minimum Gasteiger partial charge on any atom is -0.469 e. The summed E-state index contributed by atoms with van der Waals surface area (Å²) in [6.07, 6.45) is -0.0747. The Balaban J connectivity index is 3.86. The first-order valence-corrected chi connectivity index (χ1v) is 7.05. The van der Waals surface area contributed by atoms with Gasteiger partial charge in [-0.3, -0.25) is 9.68 Å². The van der Waals surface area contributed by atoms with Crippen molar-refractivity contribution in [2.24, 2.45) is 0 Å². The largest absolute Gasteiger partial charge is 0.469 e. The van der Waals surface area contributed by atoms with Gasteiger partial charge in [-0.05, 0) is 34.1 Å². The molecule has 0 N–H and O–H groups in total. The van der Waals surface area contributed by atoms with Gasteiger partial charge < -0.3 is 14.2 Å². The molecule has 0 aliphatic rings. The van der Waals surface area contributed by atoms with Gasteiger partial charge in [0, 0.05) is 12.8 Å². The second-order valence-corrected chi connectivity index (χ2v) is 4.97. The van der Waals surface area contributed by atoms with Gasteiger partial charge in [-0.2, -0.15) is 4.89 Å². The summed E-state index contributed by atoms with van der Waals surface area (Å²) in [5.41, 5.74) is 0. The highest BCUT2D eigenvalue weighted by molar-refractivity contribution is 5.72. The Kier molecular flexibility index (Phi) is 10.8. The van der Waals surface area contributed by atoms with Crippen molar-refractivity contribution in [2.75, 3.05) is 13.7 Å². The molecular formula is C14H26O7. The second kappa shape index (κ2) is 11.5. The summed E-state index contributed by atoms with van der Waals surface area (Å²) < 4.78 is 15.4.